The molecular formula is C23H21F2N3O2S2. The summed E-state index contributed by atoms with van der Waals surface area (Å²) in [7, 11) is 1.66. The Kier molecular flexibility index (Phi) is 7.16. The van der Waals surface area contributed by atoms with Gasteiger partial charge in [0.25, 0.3) is 0 Å². The monoisotopic (exact) mass is 473 g/mol. The summed E-state index contributed by atoms with van der Waals surface area (Å²) in [5.74, 6) is 2.45. The molecule has 0 unspecified atom stereocenters. The van der Waals surface area contributed by atoms with Gasteiger partial charge in [-0.3, -0.25) is 4.98 Å². The lowest BCUT2D eigenvalue weighted by Gasteiger charge is -2.10. The SMILES string of the molecule is COc1ccc(CSc2ccnc(CSc3nc4ccc(OC(F)F)cc4[nH]3)c2C)cc1. The number of imidazole rings is 1. The first kappa shape index (κ1) is 22.4. The lowest BCUT2D eigenvalue weighted by atomic mass is 10.2. The van der Waals surface area contributed by atoms with E-state index in [0.717, 1.165) is 22.8 Å². The highest BCUT2D eigenvalue weighted by Gasteiger charge is 2.11. The van der Waals surface area contributed by atoms with E-state index in [1.165, 1.54) is 34.4 Å². The maximum atomic E-state index is 12.4. The van der Waals surface area contributed by atoms with Crippen molar-refractivity contribution >= 4 is 34.6 Å². The van der Waals surface area contributed by atoms with Crippen molar-refractivity contribution in [2.75, 3.05) is 7.11 Å². The molecule has 32 heavy (non-hydrogen) atoms. The summed E-state index contributed by atoms with van der Waals surface area (Å²) in [5, 5.41) is 0.701. The third-order valence-corrected chi connectivity index (χ3v) is 6.93. The normalized spacial score (nSPS) is 11.3. The molecule has 2 aromatic heterocycles. The van der Waals surface area contributed by atoms with Crippen LogP contribution in [0.2, 0.25) is 0 Å². The number of aromatic amines is 1. The Morgan fingerprint density at radius 3 is 2.53 bits per heavy atom. The number of thioether (sulfide) groups is 2. The lowest BCUT2D eigenvalue weighted by molar-refractivity contribution is -0.0497. The van der Waals surface area contributed by atoms with Crippen LogP contribution < -0.4 is 9.47 Å². The fraction of sp³-hybridized carbons (Fsp3) is 0.217. The summed E-state index contributed by atoms with van der Waals surface area (Å²) in [6.07, 6.45) is 1.83. The van der Waals surface area contributed by atoms with Gasteiger partial charge in [-0.2, -0.15) is 8.78 Å². The summed E-state index contributed by atoms with van der Waals surface area (Å²) in [6.45, 7) is -0.778. The Morgan fingerprint density at radius 2 is 1.78 bits per heavy atom. The van der Waals surface area contributed by atoms with E-state index in [9.17, 15) is 8.78 Å². The largest absolute Gasteiger partial charge is 0.497 e. The van der Waals surface area contributed by atoms with Crippen LogP contribution in [0.5, 0.6) is 11.5 Å². The number of alkyl halides is 2. The molecule has 0 aliphatic rings. The van der Waals surface area contributed by atoms with Crippen molar-refractivity contribution in [3.63, 3.8) is 0 Å². The number of ether oxygens (including phenoxy) is 2. The molecule has 0 aliphatic heterocycles. The molecule has 0 fully saturated rings. The van der Waals surface area contributed by atoms with E-state index in [4.69, 9.17) is 4.74 Å². The lowest BCUT2D eigenvalue weighted by Crippen LogP contribution is -2.01. The zero-order valence-corrected chi connectivity index (χ0v) is 19.1. The molecular weight excluding hydrogens is 452 g/mol. The van der Waals surface area contributed by atoms with Gasteiger partial charge in [-0.15, -0.1) is 11.8 Å². The number of methoxy groups -OCH3 is 1. The number of hydrogen-bond acceptors (Lipinski definition) is 6. The Hall–Kier alpha value is -2.78. The summed E-state index contributed by atoms with van der Waals surface area (Å²) in [5.41, 5.74) is 4.70. The first-order chi connectivity index (χ1) is 15.5. The van der Waals surface area contributed by atoms with Gasteiger partial charge in [0, 0.05) is 28.7 Å². The van der Waals surface area contributed by atoms with Gasteiger partial charge in [0.2, 0.25) is 0 Å². The number of rotatable bonds is 9. The summed E-state index contributed by atoms with van der Waals surface area (Å²) < 4.78 is 34.5. The van der Waals surface area contributed by atoms with Gasteiger partial charge in [0.1, 0.15) is 11.5 Å². The molecule has 166 valence electrons. The van der Waals surface area contributed by atoms with E-state index in [1.807, 2.05) is 24.4 Å². The molecule has 2 heterocycles. The van der Waals surface area contributed by atoms with Crippen LogP contribution in [0, 0.1) is 6.92 Å². The van der Waals surface area contributed by atoms with Crippen LogP contribution in [0.15, 0.2) is 64.8 Å². The molecule has 0 bridgehead atoms. The average Bonchev–Trinajstić information content (AvgIpc) is 3.19. The molecule has 0 saturated carbocycles. The van der Waals surface area contributed by atoms with Crippen molar-refractivity contribution in [2.24, 2.45) is 0 Å². The summed E-state index contributed by atoms with van der Waals surface area (Å²) >= 11 is 3.29. The van der Waals surface area contributed by atoms with Gasteiger partial charge in [0.05, 0.1) is 23.8 Å². The van der Waals surface area contributed by atoms with E-state index in [0.29, 0.717) is 21.9 Å². The molecule has 5 nitrogen and oxygen atoms in total. The van der Waals surface area contributed by atoms with Gasteiger partial charge in [-0.05, 0) is 48.4 Å². The Balaban J connectivity index is 1.41. The highest BCUT2D eigenvalue weighted by atomic mass is 32.2. The number of fused-ring (bicyclic) bond motifs is 1. The van der Waals surface area contributed by atoms with E-state index in [-0.39, 0.29) is 5.75 Å². The molecule has 4 aromatic rings. The van der Waals surface area contributed by atoms with Gasteiger partial charge in [0.15, 0.2) is 5.16 Å². The van der Waals surface area contributed by atoms with E-state index in [2.05, 4.69) is 38.7 Å². The van der Waals surface area contributed by atoms with Crippen molar-refractivity contribution in [1.82, 2.24) is 15.0 Å². The second kappa shape index (κ2) is 10.2. The molecule has 0 spiro atoms. The molecule has 0 aliphatic carbocycles. The Morgan fingerprint density at radius 1 is 1.00 bits per heavy atom. The number of benzene rings is 2. The number of pyridine rings is 1. The van der Waals surface area contributed by atoms with Crippen molar-refractivity contribution in [3.8, 4) is 11.5 Å². The number of hydrogen-bond donors (Lipinski definition) is 1. The number of H-pyrrole nitrogens is 1. The molecule has 1 N–H and O–H groups in total. The van der Waals surface area contributed by atoms with Crippen LogP contribution in [0.1, 0.15) is 16.8 Å². The highest BCUT2D eigenvalue weighted by molar-refractivity contribution is 7.98. The zero-order chi connectivity index (χ0) is 22.5. The first-order valence-corrected chi connectivity index (χ1v) is 11.8. The molecule has 0 saturated heterocycles. The highest BCUT2D eigenvalue weighted by Crippen LogP contribution is 2.31. The molecule has 0 radical (unpaired) electrons. The molecule has 4 rings (SSSR count). The predicted octanol–water partition coefficient (Wildman–Crippen LogP) is 6.46. The molecule has 2 aromatic carbocycles. The molecule has 0 amide bonds. The van der Waals surface area contributed by atoms with Crippen LogP contribution in [-0.4, -0.2) is 28.7 Å². The molecule has 9 heteroatoms. The Labute approximate surface area is 193 Å². The van der Waals surface area contributed by atoms with Crippen molar-refractivity contribution in [2.45, 2.75) is 35.1 Å². The Bertz CT molecular complexity index is 1200. The van der Waals surface area contributed by atoms with Gasteiger partial charge in [-0.25, -0.2) is 4.98 Å². The predicted molar refractivity (Wildman–Crippen MR) is 124 cm³/mol. The minimum Gasteiger partial charge on any atom is -0.497 e. The maximum absolute atomic E-state index is 12.4. The fourth-order valence-corrected chi connectivity index (χ4v) is 5.01. The van der Waals surface area contributed by atoms with Crippen LogP contribution in [0.4, 0.5) is 8.78 Å². The standard InChI is InChI=1S/C23H21F2N3O2S2/c1-14-20(26-10-9-21(14)31-12-15-3-5-16(29-2)6-4-15)13-32-23-27-18-8-7-17(30-22(24)25)11-19(18)28-23/h3-11,22H,12-13H2,1-2H3,(H,27,28). The van der Waals surface area contributed by atoms with Gasteiger partial charge >= 0.3 is 6.61 Å². The van der Waals surface area contributed by atoms with E-state index < -0.39 is 6.61 Å². The number of aromatic nitrogens is 3. The second-order valence-corrected chi connectivity index (χ2v) is 8.89. The zero-order valence-electron chi connectivity index (χ0n) is 17.5. The van der Waals surface area contributed by atoms with Crippen LogP contribution >= 0.6 is 23.5 Å². The van der Waals surface area contributed by atoms with E-state index in [1.54, 1.807) is 24.9 Å². The van der Waals surface area contributed by atoms with Gasteiger partial charge in [-0.1, -0.05) is 23.9 Å². The van der Waals surface area contributed by atoms with Crippen molar-refractivity contribution in [1.29, 1.82) is 0 Å². The number of nitrogens with zero attached hydrogens (tertiary/aromatic N) is 2. The topological polar surface area (TPSA) is 60.0 Å². The van der Waals surface area contributed by atoms with Crippen LogP contribution in [0.25, 0.3) is 11.0 Å². The molecule has 0 atom stereocenters. The number of halogens is 2. The number of nitrogens with one attached hydrogen (secondary N) is 1. The summed E-state index contributed by atoms with van der Waals surface area (Å²) in [6, 6.07) is 14.8. The third kappa shape index (κ3) is 5.52. The quantitative estimate of drug-likeness (QED) is 0.282. The first-order valence-electron chi connectivity index (χ1n) is 9.79. The summed E-state index contributed by atoms with van der Waals surface area (Å²) in [4.78, 5) is 13.4. The smallest absolute Gasteiger partial charge is 0.387 e. The minimum absolute atomic E-state index is 0.104. The van der Waals surface area contributed by atoms with E-state index >= 15 is 0 Å². The van der Waals surface area contributed by atoms with Crippen molar-refractivity contribution in [3.05, 3.63) is 71.5 Å². The maximum Gasteiger partial charge on any atom is 0.387 e. The second-order valence-electron chi connectivity index (χ2n) is 6.91. The fourth-order valence-electron chi connectivity index (χ4n) is 3.09. The minimum atomic E-state index is -2.85. The third-order valence-electron chi connectivity index (χ3n) is 4.81. The van der Waals surface area contributed by atoms with Crippen molar-refractivity contribution < 1.29 is 18.3 Å². The average molecular weight is 474 g/mol. The van der Waals surface area contributed by atoms with Crippen LogP contribution in [0.3, 0.4) is 0 Å². The van der Waals surface area contributed by atoms with Crippen LogP contribution in [-0.2, 0) is 11.5 Å². The van der Waals surface area contributed by atoms with Gasteiger partial charge < -0.3 is 14.5 Å².